The number of halogens is 3. The summed E-state index contributed by atoms with van der Waals surface area (Å²) >= 11 is 0. The molecule has 0 aromatic rings. The SMILES string of the molecule is C=CC1=C(C(=C)F)C(F)(F)C(C)C1. The van der Waals surface area contributed by atoms with Crippen LogP contribution in [0.4, 0.5) is 13.2 Å². The minimum Gasteiger partial charge on any atom is -0.207 e. The van der Waals surface area contributed by atoms with Crippen molar-refractivity contribution in [2.75, 3.05) is 0 Å². The van der Waals surface area contributed by atoms with Gasteiger partial charge < -0.3 is 0 Å². The molecule has 0 aromatic heterocycles. The van der Waals surface area contributed by atoms with Crippen LogP contribution >= 0.6 is 0 Å². The fourth-order valence-electron chi connectivity index (χ4n) is 1.56. The molecule has 1 rings (SSSR count). The fourth-order valence-corrected chi connectivity index (χ4v) is 1.56. The molecule has 0 saturated heterocycles. The zero-order chi connectivity index (χ0) is 10.2. The van der Waals surface area contributed by atoms with Gasteiger partial charge in [-0.2, -0.15) is 0 Å². The summed E-state index contributed by atoms with van der Waals surface area (Å²) < 4.78 is 39.3. The summed E-state index contributed by atoms with van der Waals surface area (Å²) in [6.45, 7) is 7.68. The average molecular weight is 188 g/mol. The van der Waals surface area contributed by atoms with Crippen LogP contribution in [-0.4, -0.2) is 5.92 Å². The first-order valence-corrected chi connectivity index (χ1v) is 4.00. The highest BCUT2D eigenvalue weighted by molar-refractivity contribution is 5.44. The molecule has 72 valence electrons. The Morgan fingerprint density at radius 2 is 2.15 bits per heavy atom. The molecule has 0 aromatic carbocycles. The molecule has 1 aliphatic carbocycles. The highest BCUT2D eigenvalue weighted by Crippen LogP contribution is 2.47. The van der Waals surface area contributed by atoms with E-state index >= 15 is 0 Å². The standard InChI is InChI=1S/C10H11F3/c1-4-8-5-6(2)10(12,13)9(8)7(3)11/h4,6H,1,3,5H2,2H3. The van der Waals surface area contributed by atoms with Gasteiger partial charge in [-0.15, -0.1) is 0 Å². The lowest BCUT2D eigenvalue weighted by atomic mass is 10.0. The molecule has 0 N–H and O–H groups in total. The summed E-state index contributed by atoms with van der Waals surface area (Å²) in [6.07, 6.45) is 1.44. The average Bonchev–Trinajstić information content (AvgIpc) is 2.22. The Bertz CT molecular complexity index is 287. The maximum Gasteiger partial charge on any atom is 0.279 e. The van der Waals surface area contributed by atoms with Crippen molar-refractivity contribution in [1.29, 1.82) is 0 Å². The Morgan fingerprint density at radius 1 is 1.62 bits per heavy atom. The van der Waals surface area contributed by atoms with Crippen LogP contribution < -0.4 is 0 Å². The van der Waals surface area contributed by atoms with E-state index in [-0.39, 0.29) is 12.0 Å². The van der Waals surface area contributed by atoms with Crippen molar-refractivity contribution in [2.45, 2.75) is 19.3 Å². The van der Waals surface area contributed by atoms with Gasteiger partial charge in [-0.05, 0) is 12.0 Å². The number of hydrogen-bond donors (Lipinski definition) is 0. The minimum atomic E-state index is -3.10. The minimum absolute atomic E-state index is 0.161. The molecule has 0 radical (unpaired) electrons. The predicted octanol–water partition coefficient (Wildman–Crippen LogP) is 3.63. The third-order valence-electron chi connectivity index (χ3n) is 2.32. The molecule has 1 aliphatic rings. The highest BCUT2D eigenvalue weighted by atomic mass is 19.3. The topological polar surface area (TPSA) is 0 Å². The molecule has 1 unspecified atom stereocenters. The molecule has 0 aliphatic heterocycles. The van der Waals surface area contributed by atoms with Crippen molar-refractivity contribution in [3.05, 3.63) is 36.2 Å². The van der Waals surface area contributed by atoms with Crippen molar-refractivity contribution in [2.24, 2.45) is 5.92 Å². The lowest BCUT2D eigenvalue weighted by Crippen LogP contribution is -2.23. The second kappa shape index (κ2) is 3.05. The first-order valence-electron chi connectivity index (χ1n) is 4.00. The number of rotatable bonds is 2. The van der Waals surface area contributed by atoms with Crippen LogP contribution in [0.15, 0.2) is 36.2 Å². The van der Waals surface area contributed by atoms with Crippen LogP contribution in [0.1, 0.15) is 13.3 Å². The van der Waals surface area contributed by atoms with E-state index < -0.39 is 23.2 Å². The van der Waals surface area contributed by atoms with Crippen LogP contribution in [0.5, 0.6) is 0 Å². The van der Waals surface area contributed by atoms with Gasteiger partial charge in [0.25, 0.3) is 5.92 Å². The molecule has 0 heterocycles. The van der Waals surface area contributed by atoms with Gasteiger partial charge in [-0.3, -0.25) is 0 Å². The normalized spacial score (nSPS) is 26.3. The summed E-state index contributed by atoms with van der Waals surface area (Å²) in [6, 6.07) is 0. The van der Waals surface area contributed by atoms with Gasteiger partial charge in [0.1, 0.15) is 5.83 Å². The van der Waals surface area contributed by atoms with Gasteiger partial charge >= 0.3 is 0 Å². The van der Waals surface area contributed by atoms with Crippen LogP contribution in [0.25, 0.3) is 0 Å². The van der Waals surface area contributed by atoms with E-state index in [0.29, 0.717) is 0 Å². The van der Waals surface area contributed by atoms with Gasteiger partial charge in [-0.25, -0.2) is 13.2 Å². The summed E-state index contributed by atoms with van der Waals surface area (Å²) in [5.41, 5.74) is -0.306. The van der Waals surface area contributed by atoms with Crippen LogP contribution in [0.3, 0.4) is 0 Å². The smallest absolute Gasteiger partial charge is 0.207 e. The van der Waals surface area contributed by atoms with Gasteiger partial charge in [0.05, 0.1) is 5.57 Å². The van der Waals surface area contributed by atoms with Gasteiger partial charge in [-0.1, -0.05) is 26.2 Å². The van der Waals surface area contributed by atoms with E-state index in [1.807, 2.05) is 0 Å². The summed E-state index contributed by atoms with van der Waals surface area (Å²) in [7, 11) is 0. The summed E-state index contributed by atoms with van der Waals surface area (Å²) in [4.78, 5) is 0. The molecule has 0 spiro atoms. The highest BCUT2D eigenvalue weighted by Gasteiger charge is 2.48. The lowest BCUT2D eigenvalue weighted by Gasteiger charge is -2.17. The van der Waals surface area contributed by atoms with Crippen molar-refractivity contribution in [1.82, 2.24) is 0 Å². The molecular weight excluding hydrogens is 177 g/mol. The number of hydrogen-bond acceptors (Lipinski definition) is 0. The van der Waals surface area contributed by atoms with Crippen molar-refractivity contribution >= 4 is 0 Å². The number of allylic oxidation sites excluding steroid dienone is 4. The molecule has 3 heteroatoms. The molecule has 0 bridgehead atoms. The fraction of sp³-hybridized carbons (Fsp3) is 0.400. The molecule has 13 heavy (non-hydrogen) atoms. The van der Waals surface area contributed by atoms with E-state index in [1.54, 1.807) is 0 Å². The Kier molecular flexibility index (Phi) is 2.37. The second-order valence-electron chi connectivity index (χ2n) is 3.24. The largest absolute Gasteiger partial charge is 0.279 e. The molecule has 0 fully saturated rings. The first-order chi connectivity index (χ1) is 5.91. The third kappa shape index (κ3) is 1.43. The lowest BCUT2D eigenvalue weighted by molar-refractivity contribution is -0.00105. The van der Waals surface area contributed by atoms with E-state index in [1.165, 1.54) is 13.0 Å². The Balaban J connectivity index is 3.21. The third-order valence-corrected chi connectivity index (χ3v) is 2.32. The zero-order valence-electron chi connectivity index (χ0n) is 7.41. The Hall–Kier alpha value is -0.990. The summed E-state index contributed by atoms with van der Waals surface area (Å²) in [5, 5.41) is 0. The van der Waals surface area contributed by atoms with Crippen molar-refractivity contribution in [3.63, 3.8) is 0 Å². The molecule has 0 nitrogen and oxygen atoms in total. The summed E-state index contributed by atoms with van der Waals surface area (Å²) in [5.74, 6) is -5.03. The van der Waals surface area contributed by atoms with E-state index in [9.17, 15) is 13.2 Å². The Morgan fingerprint density at radius 3 is 2.46 bits per heavy atom. The predicted molar refractivity (Wildman–Crippen MR) is 46.2 cm³/mol. The van der Waals surface area contributed by atoms with Crippen LogP contribution in [0.2, 0.25) is 0 Å². The van der Waals surface area contributed by atoms with Crippen LogP contribution in [0, 0.1) is 5.92 Å². The van der Waals surface area contributed by atoms with Crippen molar-refractivity contribution in [3.8, 4) is 0 Å². The van der Waals surface area contributed by atoms with Crippen molar-refractivity contribution < 1.29 is 13.2 Å². The first kappa shape index (κ1) is 10.1. The van der Waals surface area contributed by atoms with Crippen LogP contribution in [-0.2, 0) is 0 Å². The molecule has 1 atom stereocenters. The maximum atomic E-state index is 13.3. The monoisotopic (exact) mass is 188 g/mol. The zero-order valence-corrected chi connectivity index (χ0v) is 7.41. The Labute approximate surface area is 75.4 Å². The number of alkyl halides is 2. The second-order valence-corrected chi connectivity index (χ2v) is 3.24. The molecular formula is C10H11F3. The van der Waals surface area contributed by atoms with E-state index in [0.717, 1.165) is 0 Å². The molecule has 0 saturated carbocycles. The van der Waals surface area contributed by atoms with E-state index in [2.05, 4.69) is 13.2 Å². The van der Waals surface area contributed by atoms with Gasteiger partial charge in [0, 0.05) is 5.92 Å². The quantitative estimate of drug-likeness (QED) is 0.620. The van der Waals surface area contributed by atoms with Gasteiger partial charge in [0.2, 0.25) is 0 Å². The molecule has 0 amide bonds. The van der Waals surface area contributed by atoms with E-state index in [4.69, 9.17) is 0 Å². The maximum absolute atomic E-state index is 13.3. The van der Waals surface area contributed by atoms with Gasteiger partial charge in [0.15, 0.2) is 0 Å².